The first-order valence-electron chi connectivity index (χ1n) is 7.60. The summed E-state index contributed by atoms with van der Waals surface area (Å²) in [6.45, 7) is 0. The number of nitro groups is 1. The van der Waals surface area contributed by atoms with Crippen LogP contribution in [0, 0.1) is 10.1 Å². The van der Waals surface area contributed by atoms with Gasteiger partial charge in [0.1, 0.15) is 5.69 Å². The van der Waals surface area contributed by atoms with Crippen LogP contribution in [-0.4, -0.2) is 19.6 Å². The normalized spacial score (nSPS) is 11.6. The molecule has 138 valence electrons. The van der Waals surface area contributed by atoms with Gasteiger partial charge in [-0.2, -0.15) is 5.10 Å². The van der Waals surface area contributed by atoms with Gasteiger partial charge in [-0.25, -0.2) is 13.6 Å². The molecule has 0 radical (unpaired) electrons. The van der Waals surface area contributed by atoms with Crippen LogP contribution in [0.5, 0.6) is 0 Å². The monoisotopic (exact) mass is 402 g/mol. The number of hydrogen-bond acceptors (Lipinski definition) is 7. The van der Waals surface area contributed by atoms with Gasteiger partial charge in [0, 0.05) is 15.8 Å². The Morgan fingerprint density at radius 3 is 2.52 bits per heavy atom. The summed E-state index contributed by atoms with van der Waals surface area (Å²) < 4.78 is 22.7. The summed E-state index contributed by atoms with van der Waals surface area (Å²) >= 11 is 1.52. The fourth-order valence-electron chi connectivity index (χ4n) is 2.28. The number of rotatable bonds is 6. The second kappa shape index (κ2) is 7.66. The largest absolute Gasteiger partial charge is 0.295 e. The lowest BCUT2D eigenvalue weighted by Gasteiger charge is -2.04. The molecule has 0 aliphatic rings. The number of nitrogens with two attached hydrogens (primary N) is 1. The predicted molar refractivity (Wildman–Crippen MR) is 105 cm³/mol. The van der Waals surface area contributed by atoms with Crippen LogP contribution in [0.15, 0.2) is 70.7 Å². The molecule has 0 saturated carbocycles. The zero-order valence-corrected chi connectivity index (χ0v) is 15.4. The maximum absolute atomic E-state index is 11.3. The molecule has 1 aromatic heterocycles. The first-order chi connectivity index (χ1) is 12.8. The number of nitrogens with zero attached hydrogens (tertiary/aromatic N) is 2. The van der Waals surface area contributed by atoms with E-state index >= 15 is 0 Å². The van der Waals surface area contributed by atoms with Crippen molar-refractivity contribution in [1.29, 1.82) is 0 Å². The van der Waals surface area contributed by atoms with Gasteiger partial charge >= 0.3 is 0 Å². The summed E-state index contributed by atoms with van der Waals surface area (Å²) in [4.78, 5) is 12.1. The first kappa shape index (κ1) is 18.7. The van der Waals surface area contributed by atoms with Crippen LogP contribution in [0.4, 0.5) is 11.4 Å². The quantitative estimate of drug-likeness (QED) is 0.371. The third-order valence-corrected chi connectivity index (χ3v) is 5.54. The zero-order chi connectivity index (χ0) is 19.4. The van der Waals surface area contributed by atoms with Crippen molar-refractivity contribution in [3.8, 4) is 10.4 Å². The summed E-state index contributed by atoms with van der Waals surface area (Å²) in [5.41, 5.74) is 3.28. The van der Waals surface area contributed by atoms with Gasteiger partial charge in [0.2, 0.25) is 10.0 Å². The Labute approximate surface area is 159 Å². The lowest BCUT2D eigenvalue weighted by molar-refractivity contribution is -0.384. The molecule has 27 heavy (non-hydrogen) atoms. The Kier molecular flexibility index (Phi) is 5.31. The van der Waals surface area contributed by atoms with Crippen molar-refractivity contribution in [2.75, 3.05) is 5.43 Å². The van der Waals surface area contributed by atoms with Crippen LogP contribution in [0.3, 0.4) is 0 Å². The number of hydrogen-bond donors (Lipinski definition) is 2. The van der Waals surface area contributed by atoms with Crippen molar-refractivity contribution in [3.05, 3.63) is 75.7 Å². The van der Waals surface area contributed by atoms with Crippen LogP contribution < -0.4 is 10.6 Å². The van der Waals surface area contributed by atoms with Crippen molar-refractivity contribution in [3.63, 3.8) is 0 Å². The van der Waals surface area contributed by atoms with Crippen molar-refractivity contribution in [1.82, 2.24) is 0 Å². The minimum absolute atomic E-state index is 0.0588. The summed E-state index contributed by atoms with van der Waals surface area (Å²) in [5, 5.41) is 20.2. The highest BCUT2D eigenvalue weighted by molar-refractivity contribution is 7.89. The molecule has 1 heterocycles. The molecule has 3 N–H and O–H groups in total. The fourth-order valence-corrected chi connectivity index (χ4v) is 3.70. The van der Waals surface area contributed by atoms with Gasteiger partial charge in [0.15, 0.2) is 0 Å². The molecule has 0 atom stereocenters. The number of nitro benzene ring substituents is 1. The van der Waals surface area contributed by atoms with Crippen LogP contribution in [-0.2, 0) is 10.0 Å². The Bertz CT molecular complexity index is 1110. The van der Waals surface area contributed by atoms with Crippen molar-refractivity contribution in [2.24, 2.45) is 10.2 Å². The van der Waals surface area contributed by atoms with Crippen LogP contribution in [0.1, 0.15) is 4.88 Å². The van der Waals surface area contributed by atoms with E-state index in [-0.39, 0.29) is 10.6 Å². The molecule has 0 amide bonds. The standard InChI is InChI=1S/C17H14N4O4S2/c18-27(24,25)14-7-8-15(16(10-14)21(22)23)20-19-11-13-6-9-17(26-13)12-4-2-1-3-5-12/h1-11,20H,(H2,18,24,25)/b19-11-. The van der Waals surface area contributed by atoms with Gasteiger partial charge in [-0.15, -0.1) is 11.3 Å². The highest BCUT2D eigenvalue weighted by atomic mass is 32.2. The second-order valence-corrected chi connectivity index (χ2v) is 8.10. The summed E-state index contributed by atoms with van der Waals surface area (Å²) in [7, 11) is -4.03. The molecule has 0 aliphatic carbocycles. The maximum Gasteiger partial charge on any atom is 0.295 e. The summed E-state index contributed by atoms with van der Waals surface area (Å²) in [6, 6.07) is 17.0. The molecular formula is C17H14N4O4S2. The highest BCUT2D eigenvalue weighted by Gasteiger charge is 2.18. The third-order valence-electron chi connectivity index (χ3n) is 3.56. The molecule has 0 saturated heterocycles. The topological polar surface area (TPSA) is 128 Å². The van der Waals surface area contributed by atoms with Gasteiger partial charge in [-0.05, 0) is 29.8 Å². The van der Waals surface area contributed by atoms with Gasteiger partial charge in [0.05, 0.1) is 16.0 Å². The van der Waals surface area contributed by atoms with Gasteiger partial charge in [0.25, 0.3) is 5.69 Å². The molecule has 0 fully saturated rings. The van der Waals surface area contributed by atoms with Gasteiger partial charge in [-0.1, -0.05) is 30.3 Å². The van der Waals surface area contributed by atoms with E-state index in [1.54, 1.807) is 0 Å². The molecule has 3 rings (SSSR count). The Hall–Kier alpha value is -3.08. The fraction of sp³-hybridized carbons (Fsp3) is 0. The smallest absolute Gasteiger partial charge is 0.272 e. The van der Waals surface area contributed by atoms with E-state index in [4.69, 9.17) is 5.14 Å². The van der Waals surface area contributed by atoms with Gasteiger partial charge < -0.3 is 0 Å². The van der Waals surface area contributed by atoms with Gasteiger partial charge in [-0.3, -0.25) is 15.5 Å². The van der Waals surface area contributed by atoms with E-state index in [1.165, 1.54) is 29.7 Å². The van der Waals surface area contributed by atoms with Crippen molar-refractivity contribution >= 4 is 38.9 Å². The molecule has 10 heteroatoms. The van der Waals surface area contributed by atoms with Crippen LogP contribution >= 0.6 is 11.3 Å². The number of hydrazone groups is 1. The lowest BCUT2D eigenvalue weighted by Crippen LogP contribution is -2.12. The molecule has 0 aliphatic heterocycles. The molecule has 3 aromatic rings. The predicted octanol–water partition coefficient (Wildman–Crippen LogP) is 3.42. The Morgan fingerprint density at radius 2 is 1.85 bits per heavy atom. The van der Waals surface area contributed by atoms with Crippen LogP contribution in [0.25, 0.3) is 10.4 Å². The Morgan fingerprint density at radius 1 is 1.11 bits per heavy atom. The molecule has 2 aromatic carbocycles. The molecular weight excluding hydrogens is 388 g/mol. The van der Waals surface area contributed by atoms with E-state index < -0.39 is 20.6 Å². The number of nitrogens with one attached hydrogen (secondary N) is 1. The number of benzene rings is 2. The summed E-state index contributed by atoms with van der Waals surface area (Å²) in [6.07, 6.45) is 1.54. The zero-order valence-electron chi connectivity index (χ0n) is 13.8. The Balaban J connectivity index is 1.79. The minimum atomic E-state index is -4.03. The molecule has 0 bridgehead atoms. The lowest BCUT2D eigenvalue weighted by atomic mass is 10.2. The van der Waals surface area contributed by atoms with Crippen LogP contribution in [0.2, 0.25) is 0 Å². The third kappa shape index (κ3) is 4.56. The second-order valence-electron chi connectivity index (χ2n) is 5.42. The molecule has 8 nitrogen and oxygen atoms in total. The van der Waals surface area contributed by atoms with E-state index in [9.17, 15) is 18.5 Å². The average Bonchev–Trinajstić information content (AvgIpc) is 3.10. The molecule has 0 spiro atoms. The SMILES string of the molecule is NS(=O)(=O)c1ccc(N/N=C\c2ccc(-c3ccccc3)s2)c([N+](=O)[O-])c1. The number of sulfonamides is 1. The van der Waals surface area contributed by atoms with E-state index in [0.717, 1.165) is 21.4 Å². The molecule has 0 unspecified atom stereocenters. The average molecular weight is 402 g/mol. The maximum atomic E-state index is 11.3. The highest BCUT2D eigenvalue weighted by Crippen LogP contribution is 2.28. The van der Waals surface area contributed by atoms with Crippen molar-refractivity contribution in [2.45, 2.75) is 4.90 Å². The number of thiophene rings is 1. The summed E-state index contributed by atoms with van der Waals surface area (Å²) in [5.74, 6) is 0. The minimum Gasteiger partial charge on any atom is -0.272 e. The van der Waals surface area contributed by atoms with E-state index in [0.29, 0.717) is 0 Å². The first-order valence-corrected chi connectivity index (χ1v) is 9.96. The van der Waals surface area contributed by atoms with E-state index in [1.807, 2.05) is 42.5 Å². The number of primary sulfonamides is 1. The van der Waals surface area contributed by atoms with E-state index in [2.05, 4.69) is 10.5 Å². The number of anilines is 1. The van der Waals surface area contributed by atoms with Crippen molar-refractivity contribution < 1.29 is 13.3 Å².